The lowest BCUT2D eigenvalue weighted by Crippen LogP contribution is -2.54. The molecule has 0 unspecified atom stereocenters. The van der Waals surface area contributed by atoms with Crippen molar-refractivity contribution in [2.75, 3.05) is 11.5 Å². The Balaban J connectivity index is 1.71. The van der Waals surface area contributed by atoms with E-state index in [1.165, 1.54) is 4.90 Å². The average molecular weight is 480 g/mol. The highest BCUT2D eigenvalue weighted by Crippen LogP contribution is 2.27. The van der Waals surface area contributed by atoms with Crippen LogP contribution in [-0.4, -0.2) is 28.1 Å². The number of hydrogen-bond acceptors (Lipinski definition) is 4. The third-order valence-electron chi connectivity index (χ3n) is 5.36. The van der Waals surface area contributed by atoms with Crippen LogP contribution in [0.5, 0.6) is 5.75 Å². The first kappa shape index (κ1) is 22.8. The van der Waals surface area contributed by atoms with Crippen molar-refractivity contribution in [1.82, 2.24) is 9.88 Å². The monoisotopic (exact) mass is 479 g/mol. The summed E-state index contributed by atoms with van der Waals surface area (Å²) in [6.07, 6.45) is 1.61. The summed E-state index contributed by atoms with van der Waals surface area (Å²) in [6.45, 7) is 6.34. The lowest BCUT2D eigenvalue weighted by atomic mass is 10.1. The molecule has 6 nitrogen and oxygen atoms in total. The summed E-state index contributed by atoms with van der Waals surface area (Å²) >= 11 is 11.3. The fourth-order valence-electron chi connectivity index (χ4n) is 3.83. The van der Waals surface area contributed by atoms with Crippen LogP contribution < -0.4 is 15.0 Å². The van der Waals surface area contributed by atoms with Gasteiger partial charge < -0.3 is 9.30 Å². The Morgan fingerprint density at radius 1 is 1.03 bits per heavy atom. The van der Waals surface area contributed by atoms with Gasteiger partial charge in [-0.3, -0.25) is 19.8 Å². The maximum absolute atomic E-state index is 13.3. The molecule has 0 bridgehead atoms. The van der Waals surface area contributed by atoms with Crippen LogP contribution in [0.1, 0.15) is 23.9 Å². The first-order valence-corrected chi connectivity index (χ1v) is 11.2. The van der Waals surface area contributed by atoms with Gasteiger partial charge >= 0.3 is 0 Å². The van der Waals surface area contributed by atoms with Crippen LogP contribution in [0.15, 0.2) is 60.2 Å². The van der Waals surface area contributed by atoms with E-state index in [0.29, 0.717) is 23.1 Å². The Morgan fingerprint density at radius 3 is 2.30 bits per heavy atom. The number of nitrogens with zero attached hydrogens (tertiary/aromatic N) is 2. The fraction of sp³-hybridized carbons (Fsp3) is 0.160. The van der Waals surface area contributed by atoms with E-state index in [2.05, 4.69) is 5.32 Å². The molecule has 168 valence electrons. The molecule has 2 aromatic carbocycles. The van der Waals surface area contributed by atoms with E-state index in [-0.39, 0.29) is 10.7 Å². The van der Waals surface area contributed by atoms with Crippen molar-refractivity contribution in [3.63, 3.8) is 0 Å². The number of halogens is 1. The van der Waals surface area contributed by atoms with Crippen molar-refractivity contribution in [3.8, 4) is 11.4 Å². The average Bonchev–Trinajstić information content (AvgIpc) is 3.06. The summed E-state index contributed by atoms with van der Waals surface area (Å²) in [7, 11) is 0. The number of anilines is 1. The number of benzene rings is 2. The molecule has 33 heavy (non-hydrogen) atoms. The van der Waals surface area contributed by atoms with Gasteiger partial charge in [0.1, 0.15) is 11.3 Å². The van der Waals surface area contributed by atoms with Gasteiger partial charge in [-0.2, -0.15) is 0 Å². The maximum Gasteiger partial charge on any atom is 0.270 e. The van der Waals surface area contributed by atoms with Crippen LogP contribution in [0.4, 0.5) is 5.69 Å². The minimum absolute atomic E-state index is 0.00819. The van der Waals surface area contributed by atoms with Crippen LogP contribution in [0.2, 0.25) is 5.02 Å². The molecule has 0 radical (unpaired) electrons. The van der Waals surface area contributed by atoms with Gasteiger partial charge in [0.05, 0.1) is 12.3 Å². The normalized spacial score (nSPS) is 15.2. The first-order chi connectivity index (χ1) is 15.8. The van der Waals surface area contributed by atoms with E-state index in [0.717, 1.165) is 22.6 Å². The van der Waals surface area contributed by atoms with E-state index in [4.69, 9.17) is 28.6 Å². The molecule has 4 rings (SSSR count). The summed E-state index contributed by atoms with van der Waals surface area (Å²) in [5, 5.41) is 3.31. The van der Waals surface area contributed by atoms with E-state index >= 15 is 0 Å². The number of ether oxygens (including phenoxy) is 1. The molecule has 8 heteroatoms. The molecule has 0 atom stereocenters. The standard InChI is InChI=1S/C25H22ClN3O3S/c1-4-32-21-11-9-20(10-12-21)29-24(31)22(23(30)27-25(29)33)14-17-13-15(2)28(16(17)3)19-7-5-18(26)6-8-19/h5-14H,4H2,1-3H3,(H,27,30,33). The van der Waals surface area contributed by atoms with Gasteiger partial charge in [0.2, 0.25) is 0 Å². The zero-order valence-electron chi connectivity index (χ0n) is 18.4. The summed E-state index contributed by atoms with van der Waals surface area (Å²) in [5.41, 5.74) is 4.11. The maximum atomic E-state index is 13.3. The molecule has 1 N–H and O–H groups in total. The lowest BCUT2D eigenvalue weighted by molar-refractivity contribution is -0.122. The number of amides is 2. The second kappa shape index (κ2) is 9.21. The van der Waals surface area contributed by atoms with Crippen molar-refractivity contribution in [2.45, 2.75) is 20.8 Å². The predicted molar refractivity (Wildman–Crippen MR) is 134 cm³/mol. The number of carbonyl (C=O) groups is 2. The second-order valence-corrected chi connectivity index (χ2v) is 8.35. The third kappa shape index (κ3) is 4.42. The van der Waals surface area contributed by atoms with Crippen molar-refractivity contribution >= 4 is 52.5 Å². The molecular weight excluding hydrogens is 458 g/mol. The molecule has 1 aromatic heterocycles. The van der Waals surface area contributed by atoms with Crippen LogP contribution >= 0.6 is 23.8 Å². The molecule has 1 aliphatic heterocycles. The molecule has 0 saturated carbocycles. The Labute approximate surface area is 202 Å². The number of aromatic nitrogens is 1. The predicted octanol–water partition coefficient (Wildman–Crippen LogP) is 4.98. The highest BCUT2D eigenvalue weighted by Gasteiger charge is 2.34. The number of carbonyl (C=O) groups excluding carboxylic acids is 2. The number of thiocarbonyl (C=S) groups is 1. The zero-order chi connectivity index (χ0) is 23.7. The third-order valence-corrected chi connectivity index (χ3v) is 5.90. The molecule has 2 amide bonds. The van der Waals surface area contributed by atoms with Crippen molar-refractivity contribution < 1.29 is 14.3 Å². The molecule has 0 aliphatic carbocycles. The number of hydrogen-bond donors (Lipinski definition) is 1. The van der Waals surface area contributed by atoms with Crippen molar-refractivity contribution in [2.24, 2.45) is 0 Å². The summed E-state index contributed by atoms with van der Waals surface area (Å²) in [4.78, 5) is 27.3. The van der Waals surface area contributed by atoms with E-state index in [9.17, 15) is 9.59 Å². The van der Waals surface area contributed by atoms with Gasteiger partial charge in [0, 0.05) is 22.1 Å². The van der Waals surface area contributed by atoms with Gasteiger partial charge in [0.15, 0.2) is 5.11 Å². The van der Waals surface area contributed by atoms with Gasteiger partial charge in [0.25, 0.3) is 11.8 Å². The smallest absolute Gasteiger partial charge is 0.270 e. The molecular formula is C25H22ClN3O3S. The molecule has 1 saturated heterocycles. The van der Waals surface area contributed by atoms with Crippen LogP contribution in [0, 0.1) is 13.8 Å². The van der Waals surface area contributed by atoms with E-state index in [1.54, 1.807) is 30.3 Å². The summed E-state index contributed by atoms with van der Waals surface area (Å²) in [6, 6.07) is 16.4. The summed E-state index contributed by atoms with van der Waals surface area (Å²) in [5.74, 6) is -0.321. The SMILES string of the molecule is CCOc1ccc(N2C(=O)C(=Cc3cc(C)n(-c4ccc(Cl)cc4)c3C)C(=O)NC2=S)cc1. The topological polar surface area (TPSA) is 63.6 Å². The quantitative estimate of drug-likeness (QED) is 0.318. The Kier molecular flexibility index (Phi) is 6.35. The van der Waals surface area contributed by atoms with Crippen molar-refractivity contribution in [3.05, 3.63) is 82.1 Å². The first-order valence-electron chi connectivity index (χ1n) is 10.4. The Bertz CT molecular complexity index is 1280. The second-order valence-electron chi connectivity index (χ2n) is 7.52. The lowest BCUT2D eigenvalue weighted by Gasteiger charge is -2.29. The molecule has 1 fully saturated rings. The van der Waals surface area contributed by atoms with Gasteiger partial charge in [-0.25, -0.2) is 0 Å². The highest BCUT2D eigenvalue weighted by atomic mass is 35.5. The largest absolute Gasteiger partial charge is 0.494 e. The van der Waals surface area contributed by atoms with Crippen LogP contribution in [0.3, 0.4) is 0 Å². The van der Waals surface area contributed by atoms with Crippen LogP contribution in [0.25, 0.3) is 11.8 Å². The molecule has 2 heterocycles. The molecule has 0 spiro atoms. The number of rotatable bonds is 5. The summed E-state index contributed by atoms with van der Waals surface area (Å²) < 4.78 is 7.51. The Morgan fingerprint density at radius 2 is 1.67 bits per heavy atom. The minimum atomic E-state index is -0.525. The molecule has 1 aliphatic rings. The molecule has 3 aromatic rings. The fourth-order valence-corrected chi connectivity index (χ4v) is 4.23. The van der Waals surface area contributed by atoms with E-state index < -0.39 is 11.8 Å². The number of nitrogens with one attached hydrogen (secondary N) is 1. The van der Waals surface area contributed by atoms with Gasteiger partial charge in [-0.1, -0.05) is 11.6 Å². The van der Waals surface area contributed by atoms with Crippen molar-refractivity contribution in [1.29, 1.82) is 0 Å². The van der Waals surface area contributed by atoms with E-state index in [1.807, 2.05) is 55.7 Å². The Hall–Kier alpha value is -3.42. The van der Waals surface area contributed by atoms with Gasteiger partial charge in [-0.05, 0) is 99.2 Å². The number of aryl methyl sites for hydroxylation is 1. The van der Waals surface area contributed by atoms with Gasteiger partial charge in [-0.15, -0.1) is 0 Å². The van der Waals surface area contributed by atoms with Crippen LogP contribution in [-0.2, 0) is 9.59 Å². The minimum Gasteiger partial charge on any atom is -0.494 e. The highest BCUT2D eigenvalue weighted by molar-refractivity contribution is 7.80. The zero-order valence-corrected chi connectivity index (χ0v) is 20.0.